The molecule has 0 N–H and O–H groups in total. The molecule has 5 heteroatoms. The van der Waals surface area contributed by atoms with Gasteiger partial charge in [-0.05, 0) is 13.8 Å². The minimum atomic E-state index is -0.309. The Hall–Kier alpha value is -1.29. The van der Waals surface area contributed by atoms with Gasteiger partial charge < -0.3 is 9.47 Å². The van der Waals surface area contributed by atoms with Gasteiger partial charge in [-0.25, -0.2) is 0 Å². The van der Waals surface area contributed by atoms with Crippen LogP contribution in [0.4, 0.5) is 0 Å². The second-order valence-electron chi connectivity index (χ2n) is 3.33. The second-order valence-corrected chi connectivity index (χ2v) is 3.33. The zero-order chi connectivity index (χ0) is 11.4. The molecule has 16 heavy (non-hydrogen) atoms. The molecule has 0 fully saturated rings. The molecule has 1 aromatic heterocycles. The zero-order valence-electron chi connectivity index (χ0n) is 9.86. The summed E-state index contributed by atoms with van der Waals surface area (Å²) in [5, 5.41) is 0. The van der Waals surface area contributed by atoms with E-state index in [-0.39, 0.29) is 25.0 Å². The van der Waals surface area contributed by atoms with Crippen molar-refractivity contribution < 1.29 is 14.3 Å². The van der Waals surface area contributed by atoms with E-state index in [9.17, 15) is 4.79 Å². The van der Waals surface area contributed by atoms with Crippen LogP contribution in [0.25, 0.3) is 0 Å². The Morgan fingerprint density at radius 2 is 2.06 bits per heavy atom. The summed E-state index contributed by atoms with van der Waals surface area (Å²) in [6, 6.07) is 0. The first kappa shape index (κ1) is 14.7. The molecule has 0 aliphatic carbocycles. The van der Waals surface area contributed by atoms with Crippen LogP contribution in [0.1, 0.15) is 23.7 Å². The third-order valence-corrected chi connectivity index (χ3v) is 2.16. The maximum Gasteiger partial charge on any atom is 0.303 e. The van der Waals surface area contributed by atoms with E-state index < -0.39 is 0 Å². The molecule has 0 bridgehead atoms. The highest BCUT2D eigenvalue weighted by atomic mass is 35.5. The number of hydrogen-bond donors (Lipinski definition) is 0. The number of rotatable bonds is 3. The van der Waals surface area contributed by atoms with Gasteiger partial charge in [-0.3, -0.25) is 9.78 Å². The number of nitrogens with zero attached hydrogens (tertiary/aromatic N) is 1. The minimum absolute atomic E-state index is 0. The van der Waals surface area contributed by atoms with E-state index in [0.717, 1.165) is 22.6 Å². The van der Waals surface area contributed by atoms with E-state index >= 15 is 0 Å². The van der Waals surface area contributed by atoms with Gasteiger partial charge in [0.1, 0.15) is 12.4 Å². The van der Waals surface area contributed by atoms with Gasteiger partial charge in [-0.15, -0.1) is 12.4 Å². The summed E-state index contributed by atoms with van der Waals surface area (Å²) in [5.74, 6) is 0.489. The number of aromatic nitrogens is 1. The lowest BCUT2D eigenvalue weighted by atomic mass is 10.1. The summed E-state index contributed by atoms with van der Waals surface area (Å²) in [6.07, 6.45) is 1.71. The molecular weight excluding hydrogens is 230 g/mol. The van der Waals surface area contributed by atoms with Crippen molar-refractivity contribution in [3.63, 3.8) is 0 Å². The van der Waals surface area contributed by atoms with Crippen molar-refractivity contribution >= 4 is 18.4 Å². The lowest BCUT2D eigenvalue weighted by Crippen LogP contribution is -2.04. The van der Waals surface area contributed by atoms with Crippen LogP contribution >= 0.6 is 12.4 Å². The normalized spacial score (nSPS) is 9.25. The number of methoxy groups -OCH3 is 1. The molecule has 0 saturated heterocycles. The molecule has 0 radical (unpaired) electrons. The van der Waals surface area contributed by atoms with Crippen molar-refractivity contribution in [2.45, 2.75) is 27.4 Å². The Kier molecular flexibility index (Phi) is 5.82. The molecule has 4 nitrogen and oxygen atoms in total. The highest BCUT2D eigenvalue weighted by Gasteiger charge is 2.09. The Labute approximate surface area is 101 Å². The summed E-state index contributed by atoms with van der Waals surface area (Å²) in [6.45, 7) is 5.39. The molecular formula is C11H16ClNO3. The number of aryl methyl sites for hydroxylation is 1. The quantitative estimate of drug-likeness (QED) is 0.766. The average Bonchev–Trinajstić information content (AvgIpc) is 2.17. The number of carbonyl (C=O) groups excluding carboxylic acids is 1. The van der Waals surface area contributed by atoms with Gasteiger partial charge in [0.2, 0.25) is 0 Å². The first-order valence-electron chi connectivity index (χ1n) is 4.68. The van der Waals surface area contributed by atoms with Crippen LogP contribution in [0.2, 0.25) is 0 Å². The largest absolute Gasteiger partial charge is 0.496 e. The maximum absolute atomic E-state index is 10.7. The van der Waals surface area contributed by atoms with Gasteiger partial charge >= 0.3 is 5.97 Å². The first-order chi connectivity index (χ1) is 7.06. The van der Waals surface area contributed by atoms with Crippen molar-refractivity contribution in [1.29, 1.82) is 0 Å². The molecule has 90 valence electrons. The highest BCUT2D eigenvalue weighted by Crippen LogP contribution is 2.24. The van der Waals surface area contributed by atoms with Gasteiger partial charge in [0.05, 0.1) is 12.8 Å². The summed E-state index contributed by atoms with van der Waals surface area (Å²) in [7, 11) is 1.62. The Bertz CT molecular complexity index is 380. The highest BCUT2D eigenvalue weighted by molar-refractivity contribution is 5.85. The summed E-state index contributed by atoms with van der Waals surface area (Å²) >= 11 is 0. The number of halogens is 1. The van der Waals surface area contributed by atoms with E-state index in [1.165, 1.54) is 6.92 Å². The van der Waals surface area contributed by atoms with Crippen LogP contribution in [0.5, 0.6) is 5.75 Å². The van der Waals surface area contributed by atoms with E-state index in [1.807, 2.05) is 13.8 Å². The zero-order valence-corrected chi connectivity index (χ0v) is 10.7. The summed E-state index contributed by atoms with van der Waals surface area (Å²) < 4.78 is 10.1. The fourth-order valence-corrected chi connectivity index (χ4v) is 1.39. The molecule has 1 rings (SSSR count). The number of carbonyl (C=O) groups is 1. The number of pyridine rings is 1. The first-order valence-corrected chi connectivity index (χ1v) is 4.68. The van der Waals surface area contributed by atoms with Gasteiger partial charge in [0.15, 0.2) is 0 Å². The molecule has 0 saturated carbocycles. The topological polar surface area (TPSA) is 48.4 Å². The van der Waals surface area contributed by atoms with Crippen LogP contribution in [0.3, 0.4) is 0 Å². The lowest BCUT2D eigenvalue weighted by molar-refractivity contribution is -0.142. The number of ether oxygens (including phenoxy) is 2. The van der Waals surface area contributed by atoms with E-state index in [4.69, 9.17) is 9.47 Å². The molecule has 0 amide bonds. The predicted octanol–water partition coefficient (Wildman–Crippen LogP) is 2.19. The minimum Gasteiger partial charge on any atom is -0.496 e. The average molecular weight is 246 g/mol. The van der Waals surface area contributed by atoms with Crippen LogP contribution in [-0.2, 0) is 16.1 Å². The number of hydrogen-bond acceptors (Lipinski definition) is 4. The fourth-order valence-electron chi connectivity index (χ4n) is 1.39. The molecule has 1 aromatic rings. The predicted molar refractivity (Wildman–Crippen MR) is 63.0 cm³/mol. The second kappa shape index (κ2) is 6.33. The molecule has 1 heterocycles. The Balaban J connectivity index is 0.00000225. The standard InChI is InChI=1S/C11H15NO3.ClH/c1-7-5-12-10(6-15-9(3)13)8(2)11(7)14-4;/h5H,6H2,1-4H3;1H. The molecule has 0 spiro atoms. The Morgan fingerprint density at radius 1 is 1.44 bits per heavy atom. The van der Waals surface area contributed by atoms with E-state index in [0.29, 0.717) is 0 Å². The van der Waals surface area contributed by atoms with Crippen molar-refractivity contribution in [2.75, 3.05) is 7.11 Å². The van der Waals surface area contributed by atoms with E-state index in [1.54, 1.807) is 13.3 Å². The molecule has 0 atom stereocenters. The molecule has 0 aromatic carbocycles. The monoisotopic (exact) mass is 245 g/mol. The third kappa shape index (κ3) is 3.38. The SMILES string of the molecule is COc1c(C)cnc(COC(C)=O)c1C.Cl. The smallest absolute Gasteiger partial charge is 0.303 e. The maximum atomic E-state index is 10.7. The van der Waals surface area contributed by atoms with Crippen LogP contribution in [0, 0.1) is 13.8 Å². The molecule has 0 aliphatic heterocycles. The van der Waals surface area contributed by atoms with Gasteiger partial charge in [-0.2, -0.15) is 0 Å². The van der Waals surface area contributed by atoms with Crippen molar-refractivity contribution in [1.82, 2.24) is 4.98 Å². The summed E-state index contributed by atoms with van der Waals surface area (Å²) in [5.41, 5.74) is 2.62. The Morgan fingerprint density at radius 3 is 2.56 bits per heavy atom. The van der Waals surface area contributed by atoms with Crippen molar-refractivity contribution in [3.8, 4) is 5.75 Å². The van der Waals surface area contributed by atoms with Crippen molar-refractivity contribution in [2.24, 2.45) is 0 Å². The lowest BCUT2D eigenvalue weighted by Gasteiger charge is -2.11. The fraction of sp³-hybridized carbons (Fsp3) is 0.455. The van der Waals surface area contributed by atoms with Gasteiger partial charge in [0.25, 0.3) is 0 Å². The van der Waals surface area contributed by atoms with Crippen LogP contribution < -0.4 is 4.74 Å². The molecule has 0 aliphatic rings. The van der Waals surface area contributed by atoms with E-state index in [2.05, 4.69) is 4.98 Å². The third-order valence-electron chi connectivity index (χ3n) is 2.16. The summed E-state index contributed by atoms with van der Waals surface area (Å²) in [4.78, 5) is 14.9. The van der Waals surface area contributed by atoms with Gasteiger partial charge in [-0.1, -0.05) is 0 Å². The van der Waals surface area contributed by atoms with Crippen molar-refractivity contribution in [3.05, 3.63) is 23.0 Å². The van der Waals surface area contributed by atoms with Crippen LogP contribution in [0.15, 0.2) is 6.20 Å². The number of esters is 1. The van der Waals surface area contributed by atoms with Crippen LogP contribution in [-0.4, -0.2) is 18.1 Å². The molecule has 0 unspecified atom stereocenters. The van der Waals surface area contributed by atoms with Gasteiger partial charge in [0, 0.05) is 24.2 Å².